The van der Waals surface area contributed by atoms with Crippen molar-refractivity contribution >= 4 is 55.7 Å². The fraction of sp³-hybridized carbons (Fsp3) is 0. The topological polar surface area (TPSA) is 54.9 Å². The van der Waals surface area contributed by atoms with Crippen molar-refractivity contribution in [2.75, 3.05) is 5.32 Å². The van der Waals surface area contributed by atoms with Crippen molar-refractivity contribution in [1.29, 1.82) is 0 Å². The second kappa shape index (κ2) is 6.95. The number of halogens is 1. The second-order valence-corrected chi connectivity index (χ2v) is 7.71. The Labute approximate surface area is 143 Å². The maximum Gasteiger partial charge on any atom is 0.250 e. The maximum atomic E-state index is 11.9. The number of aromatic nitrogens is 2. The molecule has 1 N–H and O–H groups in total. The molecule has 7 heteroatoms. The fourth-order valence-corrected chi connectivity index (χ4v) is 3.77. The molecule has 0 fully saturated rings. The molecule has 4 nitrogen and oxygen atoms in total. The fourth-order valence-electron chi connectivity index (χ4n) is 1.69. The van der Waals surface area contributed by atoms with Crippen LogP contribution in [0.3, 0.4) is 0 Å². The number of carbonyl (C=O) groups is 1. The molecule has 1 amide bonds. The van der Waals surface area contributed by atoms with Crippen LogP contribution in [0.4, 0.5) is 5.13 Å². The zero-order chi connectivity index (χ0) is 15.4. The van der Waals surface area contributed by atoms with Gasteiger partial charge in [-0.25, -0.2) is 0 Å². The van der Waals surface area contributed by atoms with Gasteiger partial charge in [0.25, 0.3) is 0 Å². The molecule has 0 saturated carbocycles. The van der Waals surface area contributed by atoms with E-state index < -0.39 is 0 Å². The number of amides is 1. The molecule has 0 bridgehead atoms. The Morgan fingerprint density at radius 1 is 1.09 bits per heavy atom. The summed E-state index contributed by atoms with van der Waals surface area (Å²) in [5.41, 5.74) is 0.986. The number of thiophene rings is 1. The summed E-state index contributed by atoms with van der Waals surface area (Å²) in [6.07, 6.45) is 3.26. The Balaban J connectivity index is 1.65. The van der Waals surface area contributed by atoms with E-state index in [2.05, 4.69) is 31.4 Å². The summed E-state index contributed by atoms with van der Waals surface area (Å²) < 4.78 is 1.03. The lowest BCUT2D eigenvalue weighted by molar-refractivity contribution is -0.111. The Morgan fingerprint density at radius 3 is 2.64 bits per heavy atom. The molecule has 2 heterocycles. The van der Waals surface area contributed by atoms with E-state index in [0.29, 0.717) is 5.13 Å². The number of anilines is 1. The van der Waals surface area contributed by atoms with E-state index in [4.69, 9.17) is 0 Å². The Bertz CT molecular complexity index is 811. The van der Waals surface area contributed by atoms with E-state index >= 15 is 0 Å². The monoisotopic (exact) mass is 391 g/mol. The lowest BCUT2D eigenvalue weighted by atomic mass is 10.2. The van der Waals surface area contributed by atoms with Gasteiger partial charge in [0.05, 0.1) is 3.79 Å². The van der Waals surface area contributed by atoms with Gasteiger partial charge in [-0.1, -0.05) is 41.7 Å². The van der Waals surface area contributed by atoms with Crippen molar-refractivity contribution in [3.8, 4) is 10.6 Å². The van der Waals surface area contributed by atoms with E-state index in [1.165, 1.54) is 17.4 Å². The van der Waals surface area contributed by atoms with Crippen LogP contribution in [0.2, 0.25) is 0 Å². The summed E-state index contributed by atoms with van der Waals surface area (Å²) in [6, 6.07) is 13.6. The highest BCUT2D eigenvalue weighted by atomic mass is 79.9. The first kappa shape index (κ1) is 15.1. The van der Waals surface area contributed by atoms with Crippen LogP contribution in [0.15, 0.2) is 52.3 Å². The minimum atomic E-state index is -0.222. The van der Waals surface area contributed by atoms with Gasteiger partial charge in [0.2, 0.25) is 11.0 Å². The van der Waals surface area contributed by atoms with E-state index in [-0.39, 0.29) is 5.91 Å². The average molecular weight is 392 g/mol. The Morgan fingerprint density at radius 2 is 1.91 bits per heavy atom. The third-order valence-corrected chi connectivity index (χ3v) is 5.15. The van der Waals surface area contributed by atoms with Crippen LogP contribution < -0.4 is 5.32 Å². The lowest BCUT2D eigenvalue weighted by Gasteiger charge is -1.94. The second-order valence-electron chi connectivity index (χ2n) is 4.24. The largest absolute Gasteiger partial charge is 0.297 e. The van der Waals surface area contributed by atoms with Crippen LogP contribution in [0.25, 0.3) is 16.6 Å². The predicted molar refractivity (Wildman–Crippen MR) is 95.0 cm³/mol. The predicted octanol–water partition coefficient (Wildman–Crippen LogP) is 4.68. The molecule has 3 rings (SSSR count). The molecule has 0 atom stereocenters. The molecule has 1 aromatic carbocycles. The number of rotatable bonds is 4. The summed E-state index contributed by atoms with van der Waals surface area (Å²) in [5.74, 6) is -0.222. The number of benzene rings is 1. The zero-order valence-electron chi connectivity index (χ0n) is 11.2. The molecule has 0 saturated heterocycles. The minimum Gasteiger partial charge on any atom is -0.297 e. The highest BCUT2D eigenvalue weighted by molar-refractivity contribution is 9.11. The van der Waals surface area contributed by atoms with Crippen LogP contribution >= 0.6 is 38.6 Å². The molecular weight excluding hydrogens is 382 g/mol. The van der Waals surface area contributed by atoms with Gasteiger partial charge < -0.3 is 0 Å². The third-order valence-electron chi connectivity index (χ3n) is 2.67. The van der Waals surface area contributed by atoms with Crippen LogP contribution in [0.5, 0.6) is 0 Å². The van der Waals surface area contributed by atoms with E-state index in [1.807, 2.05) is 42.5 Å². The number of carbonyl (C=O) groups excluding carboxylic acids is 1. The average Bonchev–Trinajstić information content (AvgIpc) is 3.15. The van der Waals surface area contributed by atoms with Gasteiger partial charge in [0.15, 0.2) is 0 Å². The van der Waals surface area contributed by atoms with Gasteiger partial charge in [-0.15, -0.1) is 21.5 Å². The van der Waals surface area contributed by atoms with Crippen molar-refractivity contribution in [3.63, 3.8) is 0 Å². The first-order valence-electron chi connectivity index (χ1n) is 6.34. The van der Waals surface area contributed by atoms with Gasteiger partial charge in [-0.05, 0) is 34.1 Å². The maximum absolute atomic E-state index is 11.9. The van der Waals surface area contributed by atoms with E-state index in [1.54, 1.807) is 17.4 Å². The normalized spacial score (nSPS) is 11.0. The number of hydrogen-bond donors (Lipinski definition) is 1. The van der Waals surface area contributed by atoms with Crippen LogP contribution in [0.1, 0.15) is 4.88 Å². The quantitative estimate of drug-likeness (QED) is 0.656. The van der Waals surface area contributed by atoms with Gasteiger partial charge in [-0.3, -0.25) is 10.1 Å². The van der Waals surface area contributed by atoms with Gasteiger partial charge in [0.1, 0.15) is 5.01 Å². The SMILES string of the molecule is O=C(/C=C/c1ccc(Br)s1)Nc1nnc(-c2ccccc2)s1. The number of nitrogens with one attached hydrogen (secondary N) is 1. The van der Waals surface area contributed by atoms with E-state index in [0.717, 1.165) is 19.2 Å². The first-order valence-corrected chi connectivity index (χ1v) is 8.76. The van der Waals surface area contributed by atoms with Gasteiger partial charge >= 0.3 is 0 Å². The summed E-state index contributed by atoms with van der Waals surface area (Å²) in [7, 11) is 0. The summed E-state index contributed by atoms with van der Waals surface area (Å²) in [5, 5.41) is 12.1. The van der Waals surface area contributed by atoms with Crippen molar-refractivity contribution in [3.05, 3.63) is 57.2 Å². The molecular formula is C15H10BrN3OS2. The molecule has 0 unspecified atom stereocenters. The van der Waals surface area contributed by atoms with Crippen LogP contribution in [0, 0.1) is 0 Å². The van der Waals surface area contributed by atoms with E-state index in [9.17, 15) is 4.79 Å². The first-order chi connectivity index (χ1) is 10.7. The molecule has 3 aromatic rings. The molecule has 0 aliphatic carbocycles. The smallest absolute Gasteiger partial charge is 0.250 e. The highest BCUT2D eigenvalue weighted by Gasteiger charge is 2.07. The Hall–Kier alpha value is -1.83. The number of nitrogens with zero attached hydrogens (tertiary/aromatic N) is 2. The van der Waals surface area contributed by atoms with Gasteiger partial charge in [0, 0.05) is 16.5 Å². The molecule has 2 aromatic heterocycles. The van der Waals surface area contributed by atoms with Crippen molar-refractivity contribution in [1.82, 2.24) is 10.2 Å². The number of hydrogen-bond acceptors (Lipinski definition) is 5. The molecule has 0 aliphatic heterocycles. The van der Waals surface area contributed by atoms with Crippen molar-refractivity contribution in [2.45, 2.75) is 0 Å². The zero-order valence-corrected chi connectivity index (χ0v) is 14.4. The highest BCUT2D eigenvalue weighted by Crippen LogP contribution is 2.26. The molecule has 0 radical (unpaired) electrons. The minimum absolute atomic E-state index is 0.222. The molecule has 0 spiro atoms. The summed E-state index contributed by atoms with van der Waals surface area (Å²) in [4.78, 5) is 12.9. The lowest BCUT2D eigenvalue weighted by Crippen LogP contribution is -2.07. The summed E-state index contributed by atoms with van der Waals surface area (Å²) in [6.45, 7) is 0. The third kappa shape index (κ3) is 3.88. The molecule has 110 valence electrons. The van der Waals surface area contributed by atoms with Gasteiger partial charge in [-0.2, -0.15) is 0 Å². The van der Waals surface area contributed by atoms with Crippen LogP contribution in [-0.2, 0) is 4.79 Å². The summed E-state index contributed by atoms with van der Waals surface area (Å²) >= 11 is 6.29. The van der Waals surface area contributed by atoms with Crippen molar-refractivity contribution < 1.29 is 4.79 Å². The van der Waals surface area contributed by atoms with Crippen LogP contribution in [-0.4, -0.2) is 16.1 Å². The molecule has 0 aliphatic rings. The van der Waals surface area contributed by atoms with Crippen molar-refractivity contribution in [2.24, 2.45) is 0 Å². The standard InChI is InChI=1S/C15H10BrN3OS2/c16-12-8-6-11(21-12)7-9-13(20)17-15-19-18-14(22-15)10-4-2-1-3-5-10/h1-9H,(H,17,19,20)/b9-7+. The Kier molecular flexibility index (Phi) is 4.77. The molecule has 22 heavy (non-hydrogen) atoms.